The molecule has 0 aliphatic heterocycles. The third-order valence-corrected chi connectivity index (χ3v) is 2.72. The van der Waals surface area contributed by atoms with Gasteiger partial charge in [0.2, 0.25) is 0 Å². The van der Waals surface area contributed by atoms with Crippen LogP contribution in [0.4, 0.5) is 0 Å². The maximum Gasteiger partial charge on any atom is 0.328 e. The summed E-state index contributed by atoms with van der Waals surface area (Å²) >= 11 is 0. The van der Waals surface area contributed by atoms with E-state index in [9.17, 15) is 4.79 Å². The van der Waals surface area contributed by atoms with Gasteiger partial charge in [0, 0.05) is 6.21 Å². The minimum Gasteiger partial charge on any atom is -0.497 e. The number of nitrogens with two attached hydrogens (primary N) is 1. The predicted molar refractivity (Wildman–Crippen MR) is 80.2 cm³/mol. The molecule has 0 fully saturated rings. The van der Waals surface area contributed by atoms with Crippen LogP contribution in [0.25, 0.3) is 6.08 Å². The number of hydrogen-bond donors (Lipinski definition) is 2. The van der Waals surface area contributed by atoms with Crippen LogP contribution >= 0.6 is 0 Å². The zero-order chi connectivity index (χ0) is 14.8. The molecule has 0 aliphatic carbocycles. The number of methoxy groups -OCH3 is 1. The summed E-state index contributed by atoms with van der Waals surface area (Å²) in [5.74, 6) is -0.129. The molecule has 3 N–H and O–H groups in total. The van der Waals surface area contributed by atoms with Crippen LogP contribution < -0.4 is 10.5 Å². The van der Waals surface area contributed by atoms with Gasteiger partial charge in [-0.2, -0.15) is 0 Å². The molecule has 1 atom stereocenters. The summed E-state index contributed by atoms with van der Waals surface area (Å²) in [5.41, 5.74) is 6.35. The van der Waals surface area contributed by atoms with Crippen molar-refractivity contribution in [2.45, 2.75) is 18.9 Å². The molecule has 20 heavy (non-hydrogen) atoms. The summed E-state index contributed by atoms with van der Waals surface area (Å²) in [7, 11) is 1.62. The second-order valence-electron chi connectivity index (χ2n) is 4.22. The zero-order valence-electron chi connectivity index (χ0n) is 11.5. The van der Waals surface area contributed by atoms with E-state index in [1.165, 1.54) is 6.21 Å². The van der Waals surface area contributed by atoms with Crippen LogP contribution in [0.15, 0.2) is 35.3 Å². The molecule has 1 unspecified atom stereocenters. The monoisotopic (exact) mass is 276 g/mol. The molecule has 5 heteroatoms. The Balaban J connectivity index is 2.55. The number of hydrogen-bond acceptors (Lipinski definition) is 4. The number of nitrogens with zero attached hydrogens (tertiary/aromatic N) is 1. The second kappa shape index (κ2) is 8.87. The summed E-state index contributed by atoms with van der Waals surface area (Å²) in [6, 6.07) is 6.81. The maximum atomic E-state index is 10.9. The maximum absolute atomic E-state index is 10.9. The lowest BCUT2D eigenvalue weighted by Gasteiger charge is -2.04. The van der Waals surface area contributed by atoms with E-state index in [0.29, 0.717) is 19.4 Å². The number of benzene rings is 1. The van der Waals surface area contributed by atoms with Crippen molar-refractivity contribution in [2.24, 2.45) is 10.7 Å². The number of aliphatic carboxylic acids is 1. The lowest BCUT2D eigenvalue weighted by atomic mass is 10.1. The Hall–Kier alpha value is -2.14. The highest BCUT2D eigenvalue weighted by Crippen LogP contribution is 2.12. The van der Waals surface area contributed by atoms with Crippen LogP contribution in [-0.4, -0.2) is 37.0 Å². The standard InChI is InChI=1S/C15H20N2O3/c1-20-13-8-6-12(7-9-13)4-3-11-17-14(15(18)19)5-2-10-16/h3-4,6-9,11,14H,2,5,10,16H2,1H3,(H,18,19)/b4-3+,17-11?. The molecule has 0 bridgehead atoms. The molecule has 0 aromatic heterocycles. The van der Waals surface area contributed by atoms with Gasteiger partial charge in [0.05, 0.1) is 7.11 Å². The van der Waals surface area contributed by atoms with Crippen molar-refractivity contribution in [3.8, 4) is 5.75 Å². The number of rotatable bonds is 8. The van der Waals surface area contributed by atoms with Crippen LogP contribution in [0.1, 0.15) is 18.4 Å². The lowest BCUT2D eigenvalue weighted by molar-refractivity contribution is -0.138. The van der Waals surface area contributed by atoms with Gasteiger partial charge in [-0.15, -0.1) is 0 Å². The first-order valence-corrected chi connectivity index (χ1v) is 6.44. The molecule has 5 nitrogen and oxygen atoms in total. The molecule has 0 saturated carbocycles. The number of allylic oxidation sites excluding steroid dienone is 1. The van der Waals surface area contributed by atoms with Gasteiger partial charge >= 0.3 is 5.97 Å². The molecule has 1 aromatic carbocycles. The lowest BCUT2D eigenvalue weighted by Crippen LogP contribution is -2.19. The minimum atomic E-state index is -0.924. The molecule has 0 radical (unpaired) electrons. The SMILES string of the molecule is COc1ccc(/C=C/C=NC(CCCN)C(=O)O)cc1. The first kappa shape index (κ1) is 15.9. The first-order valence-electron chi connectivity index (χ1n) is 6.44. The summed E-state index contributed by atoms with van der Waals surface area (Å²) in [6.07, 6.45) is 6.19. The van der Waals surface area contributed by atoms with E-state index >= 15 is 0 Å². The largest absolute Gasteiger partial charge is 0.497 e. The van der Waals surface area contributed by atoms with Crippen LogP contribution in [0, 0.1) is 0 Å². The van der Waals surface area contributed by atoms with Crippen LogP contribution in [0.5, 0.6) is 5.75 Å². The van der Waals surface area contributed by atoms with Crippen molar-refractivity contribution < 1.29 is 14.6 Å². The highest BCUT2D eigenvalue weighted by Gasteiger charge is 2.13. The Morgan fingerprint density at radius 3 is 2.70 bits per heavy atom. The third kappa shape index (κ3) is 5.67. The fourth-order valence-electron chi connectivity index (χ4n) is 1.60. The molecule has 0 amide bonds. The van der Waals surface area contributed by atoms with E-state index in [2.05, 4.69) is 4.99 Å². The highest BCUT2D eigenvalue weighted by atomic mass is 16.5. The first-order chi connectivity index (χ1) is 9.67. The van der Waals surface area contributed by atoms with Gasteiger partial charge in [0.25, 0.3) is 0 Å². The second-order valence-corrected chi connectivity index (χ2v) is 4.22. The van der Waals surface area contributed by atoms with Crippen LogP contribution in [0.3, 0.4) is 0 Å². The van der Waals surface area contributed by atoms with E-state index in [0.717, 1.165) is 11.3 Å². The van der Waals surface area contributed by atoms with Gasteiger partial charge in [0.1, 0.15) is 11.8 Å². The number of aliphatic imine (C=N–C) groups is 1. The highest BCUT2D eigenvalue weighted by molar-refractivity contribution is 5.82. The van der Waals surface area contributed by atoms with Gasteiger partial charge in [-0.05, 0) is 43.2 Å². The Morgan fingerprint density at radius 2 is 2.15 bits per heavy atom. The molecular weight excluding hydrogens is 256 g/mol. The van der Waals surface area contributed by atoms with E-state index < -0.39 is 12.0 Å². The Kier molecular flexibility index (Phi) is 7.06. The number of carboxylic acids is 1. The number of carboxylic acid groups (broad SMARTS) is 1. The molecule has 0 aliphatic rings. The van der Waals surface area contributed by atoms with Crippen molar-refractivity contribution in [2.75, 3.05) is 13.7 Å². The molecule has 0 saturated heterocycles. The molecule has 0 heterocycles. The number of carbonyl (C=O) groups is 1. The van der Waals surface area contributed by atoms with Crippen LogP contribution in [0.2, 0.25) is 0 Å². The van der Waals surface area contributed by atoms with E-state index in [1.807, 2.05) is 30.3 Å². The van der Waals surface area contributed by atoms with Crippen molar-refractivity contribution in [3.05, 3.63) is 35.9 Å². The fraction of sp³-hybridized carbons (Fsp3) is 0.333. The summed E-state index contributed by atoms with van der Waals surface area (Å²) in [6.45, 7) is 0.473. The van der Waals surface area contributed by atoms with E-state index in [-0.39, 0.29) is 0 Å². The van der Waals surface area contributed by atoms with Gasteiger partial charge < -0.3 is 15.6 Å². The molecule has 1 rings (SSSR count). The van der Waals surface area contributed by atoms with Crippen molar-refractivity contribution in [1.29, 1.82) is 0 Å². The van der Waals surface area contributed by atoms with Gasteiger partial charge in [-0.25, -0.2) is 4.79 Å². The van der Waals surface area contributed by atoms with Gasteiger partial charge in [0.15, 0.2) is 0 Å². The Bertz CT molecular complexity index is 467. The summed E-state index contributed by atoms with van der Waals surface area (Å²) in [5, 5.41) is 8.98. The average molecular weight is 276 g/mol. The van der Waals surface area contributed by atoms with Gasteiger partial charge in [-0.3, -0.25) is 4.99 Å². The van der Waals surface area contributed by atoms with Crippen molar-refractivity contribution >= 4 is 18.3 Å². The quantitative estimate of drug-likeness (QED) is 0.711. The topological polar surface area (TPSA) is 84.9 Å². The Labute approximate surface area is 118 Å². The molecule has 108 valence electrons. The summed E-state index contributed by atoms with van der Waals surface area (Å²) < 4.78 is 5.06. The molecular formula is C15H20N2O3. The molecule has 0 spiro atoms. The average Bonchev–Trinajstić information content (AvgIpc) is 2.46. The van der Waals surface area contributed by atoms with E-state index in [4.69, 9.17) is 15.6 Å². The fourth-order valence-corrected chi connectivity index (χ4v) is 1.60. The molecule has 1 aromatic rings. The van der Waals surface area contributed by atoms with Crippen LogP contribution in [-0.2, 0) is 4.79 Å². The normalized spacial score (nSPS) is 12.9. The zero-order valence-corrected chi connectivity index (χ0v) is 11.5. The smallest absolute Gasteiger partial charge is 0.328 e. The predicted octanol–water partition coefficient (Wildman–Crippen LogP) is 1.97. The van der Waals surface area contributed by atoms with Crippen molar-refractivity contribution in [3.63, 3.8) is 0 Å². The van der Waals surface area contributed by atoms with E-state index in [1.54, 1.807) is 13.2 Å². The Morgan fingerprint density at radius 1 is 1.45 bits per heavy atom. The van der Waals surface area contributed by atoms with Gasteiger partial charge in [-0.1, -0.05) is 18.2 Å². The minimum absolute atomic E-state index is 0.457. The third-order valence-electron chi connectivity index (χ3n) is 2.72. The number of ether oxygens (including phenoxy) is 1. The summed E-state index contributed by atoms with van der Waals surface area (Å²) in [4.78, 5) is 15.0. The van der Waals surface area contributed by atoms with Crippen molar-refractivity contribution in [1.82, 2.24) is 0 Å².